The van der Waals surface area contributed by atoms with Crippen molar-refractivity contribution in [3.63, 3.8) is 0 Å². The number of hydrogen-bond donors (Lipinski definition) is 1. The van der Waals surface area contributed by atoms with Gasteiger partial charge in [-0.25, -0.2) is 4.79 Å². The van der Waals surface area contributed by atoms with Crippen molar-refractivity contribution in [2.75, 3.05) is 6.61 Å². The zero-order valence-corrected chi connectivity index (χ0v) is 14.1. The Morgan fingerprint density at radius 1 is 1.33 bits per heavy atom. The second-order valence-corrected chi connectivity index (χ2v) is 6.62. The van der Waals surface area contributed by atoms with Gasteiger partial charge in [-0.05, 0) is 52.8 Å². The van der Waals surface area contributed by atoms with E-state index in [1.165, 1.54) is 0 Å². The highest BCUT2D eigenvalue weighted by atomic mass is 35.5. The second kappa shape index (κ2) is 7.66. The lowest BCUT2D eigenvalue weighted by molar-refractivity contribution is -0.149. The fourth-order valence-corrected chi connectivity index (χ4v) is 1.82. The highest BCUT2D eigenvalue weighted by molar-refractivity contribution is 6.30. The predicted octanol–water partition coefficient (Wildman–Crippen LogP) is 3.56. The van der Waals surface area contributed by atoms with Crippen molar-refractivity contribution >= 4 is 17.6 Å². The van der Waals surface area contributed by atoms with Gasteiger partial charge in [0.1, 0.15) is 5.75 Å². The summed E-state index contributed by atoms with van der Waals surface area (Å²) in [4.78, 5) is 11.5. The summed E-state index contributed by atoms with van der Waals surface area (Å²) >= 11 is 6.02. The second-order valence-electron chi connectivity index (χ2n) is 6.18. The molecule has 0 fully saturated rings. The quantitative estimate of drug-likeness (QED) is 0.816. The largest absolute Gasteiger partial charge is 0.482 e. The van der Waals surface area contributed by atoms with Crippen LogP contribution in [0.4, 0.5) is 0 Å². The minimum absolute atomic E-state index is 0.0177. The van der Waals surface area contributed by atoms with E-state index in [1.54, 1.807) is 26.0 Å². The third-order valence-electron chi connectivity index (χ3n) is 2.54. The van der Waals surface area contributed by atoms with Crippen LogP contribution in [0.15, 0.2) is 18.2 Å². The molecule has 118 valence electrons. The summed E-state index contributed by atoms with van der Waals surface area (Å²) in [5.74, 6) is 0.256. The summed E-state index contributed by atoms with van der Waals surface area (Å²) in [5, 5.41) is 4.01. The number of rotatable bonds is 6. The molecule has 1 N–H and O–H groups in total. The number of carbonyl (C=O) groups is 1. The van der Waals surface area contributed by atoms with Gasteiger partial charge in [0.2, 0.25) is 0 Å². The number of halogens is 1. The number of nitrogens with one attached hydrogen (secondary N) is 1. The van der Waals surface area contributed by atoms with Gasteiger partial charge in [0, 0.05) is 22.7 Å². The van der Waals surface area contributed by atoms with Crippen LogP contribution in [0.25, 0.3) is 0 Å². The fourth-order valence-electron chi connectivity index (χ4n) is 1.62. The molecule has 0 amide bonds. The Morgan fingerprint density at radius 3 is 2.57 bits per heavy atom. The third kappa shape index (κ3) is 7.34. The topological polar surface area (TPSA) is 47.6 Å². The lowest BCUT2D eigenvalue weighted by atomic mass is 10.1. The van der Waals surface area contributed by atoms with Crippen LogP contribution < -0.4 is 10.1 Å². The molecule has 1 aromatic carbocycles. The first-order chi connectivity index (χ1) is 9.67. The Balaban J connectivity index is 2.70. The molecule has 0 atom stereocenters. The first kappa shape index (κ1) is 17.8. The van der Waals surface area contributed by atoms with Crippen LogP contribution in [-0.4, -0.2) is 24.2 Å². The van der Waals surface area contributed by atoms with E-state index in [4.69, 9.17) is 21.1 Å². The summed E-state index contributed by atoms with van der Waals surface area (Å²) < 4.78 is 10.6. The van der Waals surface area contributed by atoms with Crippen LogP contribution in [0.1, 0.15) is 40.2 Å². The van der Waals surface area contributed by atoms with Crippen molar-refractivity contribution in [2.24, 2.45) is 0 Å². The third-order valence-corrected chi connectivity index (χ3v) is 2.78. The van der Waals surface area contributed by atoms with Gasteiger partial charge in [-0.2, -0.15) is 0 Å². The number of esters is 1. The smallest absolute Gasteiger partial charge is 0.344 e. The maximum Gasteiger partial charge on any atom is 0.344 e. The number of ether oxygens (including phenoxy) is 2. The summed E-state index contributed by atoms with van der Waals surface area (Å²) in [6.45, 7) is 10.4. The number of carbonyl (C=O) groups excluding carboxylic acids is 1. The Hall–Kier alpha value is -1.26. The van der Waals surface area contributed by atoms with Crippen molar-refractivity contribution < 1.29 is 14.3 Å². The molecule has 0 aliphatic rings. The van der Waals surface area contributed by atoms with Gasteiger partial charge < -0.3 is 14.8 Å². The Kier molecular flexibility index (Phi) is 6.49. The summed E-state index contributed by atoms with van der Waals surface area (Å²) in [5.41, 5.74) is 0.894. The minimum Gasteiger partial charge on any atom is -0.482 e. The van der Waals surface area contributed by atoms with E-state index in [-0.39, 0.29) is 24.2 Å². The van der Waals surface area contributed by atoms with Crippen LogP contribution in [0.3, 0.4) is 0 Å². The lowest BCUT2D eigenvalue weighted by Gasteiger charge is -2.21. The van der Waals surface area contributed by atoms with Crippen LogP contribution in [-0.2, 0) is 16.1 Å². The molecule has 0 aliphatic heterocycles. The number of hydrogen-bond acceptors (Lipinski definition) is 4. The van der Waals surface area contributed by atoms with Gasteiger partial charge in [0.15, 0.2) is 6.61 Å². The predicted molar refractivity (Wildman–Crippen MR) is 84.8 cm³/mol. The van der Waals surface area contributed by atoms with E-state index in [2.05, 4.69) is 26.1 Å². The minimum atomic E-state index is -0.380. The molecule has 0 spiro atoms. The van der Waals surface area contributed by atoms with Crippen molar-refractivity contribution in [3.05, 3.63) is 28.8 Å². The molecular formula is C16H24ClNO3. The van der Waals surface area contributed by atoms with Gasteiger partial charge in [-0.1, -0.05) is 11.6 Å². The zero-order chi connectivity index (χ0) is 16.0. The summed E-state index contributed by atoms with van der Waals surface area (Å²) in [6.07, 6.45) is -0.145. The van der Waals surface area contributed by atoms with E-state index in [0.717, 1.165) is 5.56 Å². The van der Waals surface area contributed by atoms with Crippen LogP contribution >= 0.6 is 11.6 Å². The van der Waals surface area contributed by atoms with Gasteiger partial charge >= 0.3 is 5.97 Å². The lowest BCUT2D eigenvalue weighted by Crippen LogP contribution is -2.35. The number of benzene rings is 1. The SMILES string of the molecule is CC(C)OC(=O)COc1ccc(Cl)cc1CNC(C)(C)C. The highest BCUT2D eigenvalue weighted by Crippen LogP contribution is 2.23. The molecule has 0 heterocycles. The molecule has 0 saturated heterocycles. The highest BCUT2D eigenvalue weighted by Gasteiger charge is 2.13. The molecular weight excluding hydrogens is 290 g/mol. The molecule has 0 aromatic heterocycles. The van der Waals surface area contributed by atoms with Crippen molar-refractivity contribution in [1.82, 2.24) is 5.32 Å². The van der Waals surface area contributed by atoms with Crippen molar-refractivity contribution in [2.45, 2.75) is 52.8 Å². The molecule has 5 heteroatoms. The average molecular weight is 314 g/mol. The monoisotopic (exact) mass is 313 g/mol. The first-order valence-corrected chi connectivity index (χ1v) is 7.41. The molecule has 0 unspecified atom stereocenters. The fraction of sp³-hybridized carbons (Fsp3) is 0.562. The van der Waals surface area contributed by atoms with E-state index in [1.807, 2.05) is 6.07 Å². The van der Waals surface area contributed by atoms with Gasteiger partial charge in [-0.3, -0.25) is 0 Å². The molecule has 4 nitrogen and oxygen atoms in total. The normalized spacial score (nSPS) is 11.6. The Morgan fingerprint density at radius 2 is 2.00 bits per heavy atom. The molecule has 1 aromatic rings. The zero-order valence-electron chi connectivity index (χ0n) is 13.3. The van der Waals surface area contributed by atoms with Crippen molar-refractivity contribution in [1.29, 1.82) is 0 Å². The molecule has 0 radical (unpaired) electrons. The molecule has 0 aliphatic carbocycles. The summed E-state index contributed by atoms with van der Waals surface area (Å²) in [6, 6.07) is 5.35. The van der Waals surface area contributed by atoms with E-state index in [0.29, 0.717) is 17.3 Å². The maximum atomic E-state index is 11.5. The standard InChI is InChI=1S/C16H24ClNO3/c1-11(2)21-15(19)10-20-14-7-6-13(17)8-12(14)9-18-16(3,4)5/h6-8,11,18H,9-10H2,1-5H3. The average Bonchev–Trinajstić information content (AvgIpc) is 2.33. The van der Waals surface area contributed by atoms with E-state index >= 15 is 0 Å². The van der Waals surface area contributed by atoms with Crippen LogP contribution in [0, 0.1) is 0 Å². The molecule has 21 heavy (non-hydrogen) atoms. The van der Waals surface area contributed by atoms with E-state index in [9.17, 15) is 4.79 Å². The van der Waals surface area contributed by atoms with Crippen molar-refractivity contribution in [3.8, 4) is 5.75 Å². The van der Waals surface area contributed by atoms with Crippen LogP contribution in [0.2, 0.25) is 5.02 Å². The summed E-state index contributed by atoms with van der Waals surface area (Å²) in [7, 11) is 0. The Labute approximate surface area is 131 Å². The van der Waals surface area contributed by atoms with Gasteiger partial charge in [-0.15, -0.1) is 0 Å². The maximum absolute atomic E-state index is 11.5. The molecule has 0 saturated carbocycles. The van der Waals surface area contributed by atoms with Crippen LogP contribution in [0.5, 0.6) is 5.75 Å². The molecule has 1 rings (SSSR count). The van der Waals surface area contributed by atoms with Gasteiger partial charge in [0.05, 0.1) is 6.10 Å². The molecule has 0 bridgehead atoms. The van der Waals surface area contributed by atoms with E-state index < -0.39 is 0 Å². The van der Waals surface area contributed by atoms with Gasteiger partial charge in [0.25, 0.3) is 0 Å². The first-order valence-electron chi connectivity index (χ1n) is 7.03. The Bertz CT molecular complexity index is 481.